The van der Waals surface area contributed by atoms with Crippen LogP contribution in [-0.4, -0.2) is 38.2 Å². The molecule has 1 fully saturated rings. The van der Waals surface area contributed by atoms with Crippen LogP contribution in [0.1, 0.15) is 39.5 Å². The van der Waals surface area contributed by atoms with E-state index in [-0.39, 0.29) is 0 Å². The molecule has 0 amide bonds. The second-order valence-corrected chi connectivity index (χ2v) is 10.4. The zero-order valence-electron chi connectivity index (χ0n) is 21.5. The summed E-state index contributed by atoms with van der Waals surface area (Å²) in [6.45, 7) is 10.7. The molecule has 6 rings (SSSR count). The van der Waals surface area contributed by atoms with Crippen LogP contribution in [0.25, 0.3) is 44.3 Å². The highest BCUT2D eigenvalue weighted by atomic mass is 15.2. The van der Waals surface area contributed by atoms with Gasteiger partial charge in [-0.25, -0.2) is 4.98 Å². The average molecular weight is 492 g/mol. The van der Waals surface area contributed by atoms with E-state index in [2.05, 4.69) is 76.0 Å². The molecule has 0 aliphatic carbocycles. The molecule has 4 aromatic heterocycles. The molecule has 0 unspecified atom stereocenters. The predicted molar refractivity (Wildman–Crippen MR) is 153 cm³/mol. The molecule has 3 N–H and O–H groups in total. The van der Waals surface area contributed by atoms with Crippen LogP contribution in [0.5, 0.6) is 0 Å². The number of rotatable bonds is 7. The topological polar surface area (TPSA) is 85.5 Å². The van der Waals surface area contributed by atoms with Gasteiger partial charge in [0.15, 0.2) is 0 Å². The number of fused-ring (bicyclic) bond motifs is 2. The number of allylic oxidation sites excluding steroid dienone is 1. The van der Waals surface area contributed by atoms with Gasteiger partial charge in [-0.05, 0) is 67.5 Å². The summed E-state index contributed by atoms with van der Waals surface area (Å²) >= 11 is 0. The summed E-state index contributed by atoms with van der Waals surface area (Å²) in [7, 11) is 0. The molecule has 37 heavy (non-hydrogen) atoms. The summed E-state index contributed by atoms with van der Waals surface area (Å²) in [6.07, 6.45) is 10.3. The van der Waals surface area contributed by atoms with Gasteiger partial charge in [0.05, 0.1) is 28.6 Å². The number of H-pyrrole nitrogens is 2. The van der Waals surface area contributed by atoms with E-state index in [1.54, 1.807) is 0 Å². The molecule has 1 aromatic carbocycles. The Morgan fingerprint density at radius 3 is 2.70 bits per heavy atom. The van der Waals surface area contributed by atoms with Crippen LogP contribution in [0.2, 0.25) is 0 Å². The lowest BCUT2D eigenvalue weighted by Gasteiger charge is -2.28. The van der Waals surface area contributed by atoms with Gasteiger partial charge in [-0.1, -0.05) is 26.5 Å². The molecular formula is C30H33N7. The molecular weight excluding hydrogens is 458 g/mol. The van der Waals surface area contributed by atoms with Crippen molar-refractivity contribution in [2.45, 2.75) is 39.5 Å². The van der Waals surface area contributed by atoms with Crippen LogP contribution >= 0.6 is 0 Å². The Morgan fingerprint density at radius 2 is 1.86 bits per heavy atom. The largest absolute Gasteiger partial charge is 0.358 e. The lowest BCUT2D eigenvalue weighted by Crippen LogP contribution is -2.30. The first-order valence-corrected chi connectivity index (χ1v) is 13.2. The zero-order chi connectivity index (χ0) is 25.4. The van der Waals surface area contributed by atoms with Crippen molar-refractivity contribution in [3.8, 4) is 22.5 Å². The summed E-state index contributed by atoms with van der Waals surface area (Å²) in [5, 5.41) is 13.5. The van der Waals surface area contributed by atoms with E-state index in [4.69, 9.17) is 10.1 Å². The maximum absolute atomic E-state index is 4.74. The minimum absolute atomic E-state index is 0.550. The van der Waals surface area contributed by atoms with Crippen LogP contribution < -0.4 is 10.2 Å². The third kappa shape index (κ3) is 4.69. The Kier molecular flexibility index (Phi) is 6.12. The first kappa shape index (κ1) is 23.3. The molecule has 7 nitrogen and oxygen atoms in total. The SMILES string of the molecule is C=C(CC(C)C)Nc1cncc(-c2ccc3[nH]nc(-c4cc5c(N6CCCCC6)nccc5[nH]4)c3c2)c1. The number of aromatic amines is 2. The molecule has 5 aromatic rings. The van der Waals surface area contributed by atoms with Crippen LogP contribution in [0, 0.1) is 5.92 Å². The van der Waals surface area contributed by atoms with Crippen molar-refractivity contribution in [1.29, 1.82) is 0 Å². The van der Waals surface area contributed by atoms with Crippen LogP contribution in [0.15, 0.2) is 67.3 Å². The molecule has 1 aliphatic rings. The van der Waals surface area contributed by atoms with E-state index in [0.717, 1.165) is 81.0 Å². The van der Waals surface area contributed by atoms with Gasteiger partial charge in [0, 0.05) is 47.5 Å². The molecule has 0 radical (unpaired) electrons. The average Bonchev–Trinajstić information content (AvgIpc) is 3.52. The van der Waals surface area contributed by atoms with Crippen molar-refractivity contribution in [1.82, 2.24) is 25.1 Å². The van der Waals surface area contributed by atoms with Gasteiger partial charge in [0.1, 0.15) is 11.5 Å². The minimum Gasteiger partial charge on any atom is -0.358 e. The van der Waals surface area contributed by atoms with E-state index < -0.39 is 0 Å². The number of pyridine rings is 2. The van der Waals surface area contributed by atoms with Gasteiger partial charge in [-0.3, -0.25) is 10.1 Å². The second-order valence-electron chi connectivity index (χ2n) is 10.4. The molecule has 0 saturated carbocycles. The number of aromatic nitrogens is 5. The monoisotopic (exact) mass is 491 g/mol. The normalized spacial score (nSPS) is 14.1. The Bertz CT molecular complexity index is 1570. The molecule has 0 spiro atoms. The number of anilines is 2. The first-order chi connectivity index (χ1) is 18.0. The molecule has 5 heterocycles. The third-order valence-electron chi connectivity index (χ3n) is 7.05. The molecule has 188 valence electrons. The van der Waals surface area contributed by atoms with Gasteiger partial charge < -0.3 is 15.2 Å². The molecule has 1 saturated heterocycles. The standard InChI is InChI=1S/C30H33N7/c1-19(2)13-20(3)33-23-14-22(17-31-18-23)21-7-8-27-24(15-21)29(36-35-27)28-16-25-26(34-28)9-10-32-30(25)37-11-5-4-6-12-37/h7-10,14-19,33-34H,3-6,11-13H2,1-2H3,(H,35,36). The van der Waals surface area contributed by atoms with Crippen molar-refractivity contribution in [2.24, 2.45) is 5.92 Å². The Balaban J connectivity index is 1.35. The van der Waals surface area contributed by atoms with E-state index in [0.29, 0.717) is 5.92 Å². The van der Waals surface area contributed by atoms with E-state index in [1.165, 1.54) is 19.3 Å². The van der Waals surface area contributed by atoms with Gasteiger partial charge in [-0.2, -0.15) is 5.10 Å². The summed E-state index contributed by atoms with van der Waals surface area (Å²) < 4.78 is 0. The maximum atomic E-state index is 4.74. The quantitative estimate of drug-likeness (QED) is 0.225. The van der Waals surface area contributed by atoms with E-state index in [1.807, 2.05) is 24.7 Å². The molecule has 1 aliphatic heterocycles. The van der Waals surface area contributed by atoms with Crippen molar-refractivity contribution in [2.75, 3.05) is 23.3 Å². The predicted octanol–water partition coefficient (Wildman–Crippen LogP) is 7.13. The number of nitrogens with zero attached hydrogens (tertiary/aromatic N) is 4. The molecule has 7 heteroatoms. The van der Waals surface area contributed by atoms with Crippen molar-refractivity contribution in [3.05, 3.63) is 67.3 Å². The van der Waals surface area contributed by atoms with Gasteiger partial charge in [-0.15, -0.1) is 0 Å². The number of hydrogen-bond acceptors (Lipinski definition) is 5. The number of nitrogens with one attached hydrogen (secondary N) is 3. The summed E-state index contributed by atoms with van der Waals surface area (Å²) in [4.78, 5) is 15.2. The highest BCUT2D eigenvalue weighted by Gasteiger charge is 2.18. The fourth-order valence-corrected chi connectivity index (χ4v) is 5.34. The van der Waals surface area contributed by atoms with Crippen LogP contribution in [0.3, 0.4) is 0 Å². The third-order valence-corrected chi connectivity index (χ3v) is 7.05. The smallest absolute Gasteiger partial charge is 0.137 e. The van der Waals surface area contributed by atoms with E-state index in [9.17, 15) is 0 Å². The number of piperidine rings is 1. The summed E-state index contributed by atoms with van der Waals surface area (Å²) in [5.74, 6) is 1.61. The Labute approximate surface area is 217 Å². The highest BCUT2D eigenvalue weighted by Crippen LogP contribution is 2.35. The van der Waals surface area contributed by atoms with E-state index >= 15 is 0 Å². The van der Waals surface area contributed by atoms with Gasteiger partial charge in [0.25, 0.3) is 0 Å². The maximum Gasteiger partial charge on any atom is 0.137 e. The lowest BCUT2D eigenvalue weighted by atomic mass is 10.0. The molecule has 0 bridgehead atoms. The van der Waals surface area contributed by atoms with Crippen molar-refractivity contribution >= 4 is 33.3 Å². The fourth-order valence-electron chi connectivity index (χ4n) is 5.34. The summed E-state index contributed by atoms with van der Waals surface area (Å²) in [5.41, 5.74) is 8.06. The van der Waals surface area contributed by atoms with Crippen molar-refractivity contribution in [3.63, 3.8) is 0 Å². The zero-order valence-corrected chi connectivity index (χ0v) is 21.5. The highest BCUT2D eigenvalue weighted by molar-refractivity contribution is 6.00. The lowest BCUT2D eigenvalue weighted by molar-refractivity contribution is 0.575. The minimum atomic E-state index is 0.550. The Morgan fingerprint density at radius 1 is 1.00 bits per heavy atom. The number of hydrogen-bond donors (Lipinski definition) is 3. The first-order valence-electron chi connectivity index (χ1n) is 13.2. The van der Waals surface area contributed by atoms with Crippen molar-refractivity contribution < 1.29 is 0 Å². The van der Waals surface area contributed by atoms with Gasteiger partial charge in [0.2, 0.25) is 0 Å². The molecule has 0 atom stereocenters. The number of benzene rings is 1. The Hall–Kier alpha value is -4.13. The fraction of sp³-hybridized carbons (Fsp3) is 0.300. The van der Waals surface area contributed by atoms with Crippen LogP contribution in [-0.2, 0) is 0 Å². The summed E-state index contributed by atoms with van der Waals surface area (Å²) in [6, 6.07) is 12.7. The second kappa shape index (κ2) is 9.73. The van der Waals surface area contributed by atoms with Crippen LogP contribution in [0.4, 0.5) is 11.5 Å². The van der Waals surface area contributed by atoms with Gasteiger partial charge >= 0.3 is 0 Å².